The molecule has 0 saturated carbocycles. The lowest BCUT2D eigenvalue weighted by molar-refractivity contribution is -0.143. The Balaban J connectivity index is 1.96. The van der Waals surface area contributed by atoms with E-state index in [1.54, 1.807) is 24.3 Å². The van der Waals surface area contributed by atoms with Gasteiger partial charge in [0.2, 0.25) is 0 Å². The van der Waals surface area contributed by atoms with E-state index in [-0.39, 0.29) is 12.6 Å². The summed E-state index contributed by atoms with van der Waals surface area (Å²) in [6.07, 6.45) is 1.26. The Morgan fingerprint density at radius 2 is 1.95 bits per heavy atom. The number of esters is 1. The van der Waals surface area contributed by atoms with E-state index in [1.807, 2.05) is 0 Å². The van der Waals surface area contributed by atoms with Crippen molar-refractivity contribution in [1.82, 2.24) is 4.90 Å². The Labute approximate surface area is 127 Å². The molecule has 1 fully saturated rings. The molecule has 1 aromatic rings. The number of rotatable bonds is 3. The number of aliphatic carboxylic acids is 1. The molecule has 1 unspecified atom stereocenters. The van der Waals surface area contributed by atoms with Crippen molar-refractivity contribution in [3.63, 3.8) is 0 Å². The molecule has 1 heterocycles. The van der Waals surface area contributed by atoms with Crippen LogP contribution in [0.5, 0.6) is 0 Å². The molecule has 1 aliphatic rings. The topological polar surface area (TPSA) is 95.9 Å². The summed E-state index contributed by atoms with van der Waals surface area (Å²) in [5.74, 6) is -1.83. The summed E-state index contributed by atoms with van der Waals surface area (Å²) in [5.41, 5.74) is 0.930. The third kappa shape index (κ3) is 3.75. The molecule has 0 aromatic heterocycles. The highest BCUT2D eigenvalue weighted by molar-refractivity contribution is 5.92. The number of carboxylic acids is 1. The second kappa shape index (κ2) is 6.93. The maximum atomic E-state index is 12.1. The lowest BCUT2D eigenvalue weighted by Crippen LogP contribution is -2.44. The highest BCUT2D eigenvalue weighted by Crippen LogP contribution is 2.18. The van der Waals surface area contributed by atoms with E-state index in [2.05, 4.69) is 10.1 Å². The van der Waals surface area contributed by atoms with Crippen LogP contribution in [0.25, 0.3) is 0 Å². The Hall–Kier alpha value is -2.57. The molecule has 0 radical (unpaired) electrons. The van der Waals surface area contributed by atoms with E-state index in [0.717, 1.165) is 0 Å². The number of nitrogens with one attached hydrogen (secondary N) is 1. The summed E-state index contributed by atoms with van der Waals surface area (Å²) in [7, 11) is 1.30. The van der Waals surface area contributed by atoms with Gasteiger partial charge in [-0.05, 0) is 37.1 Å². The molecule has 1 aliphatic heterocycles. The van der Waals surface area contributed by atoms with Crippen LogP contribution < -0.4 is 5.32 Å². The number of carboxylic acid groups (broad SMARTS) is 1. The fourth-order valence-corrected chi connectivity index (χ4v) is 2.37. The van der Waals surface area contributed by atoms with Gasteiger partial charge in [-0.2, -0.15) is 0 Å². The smallest absolute Gasteiger partial charge is 0.337 e. The number of benzene rings is 1. The standard InChI is InChI=1S/C15H18N2O5/c1-22-14(20)10-4-6-12(7-5-10)16-15(21)17-8-2-3-11(9-17)13(18)19/h4-7,11H,2-3,8-9H2,1H3,(H,16,21)(H,18,19). The third-order valence-corrected chi connectivity index (χ3v) is 3.62. The second-order valence-corrected chi connectivity index (χ2v) is 5.12. The van der Waals surface area contributed by atoms with Crippen molar-refractivity contribution in [2.75, 3.05) is 25.5 Å². The minimum absolute atomic E-state index is 0.210. The second-order valence-electron chi connectivity index (χ2n) is 5.12. The van der Waals surface area contributed by atoms with Crippen molar-refractivity contribution in [3.05, 3.63) is 29.8 Å². The van der Waals surface area contributed by atoms with E-state index in [0.29, 0.717) is 30.6 Å². The molecular formula is C15H18N2O5. The van der Waals surface area contributed by atoms with Gasteiger partial charge in [-0.25, -0.2) is 9.59 Å². The average Bonchev–Trinajstić information content (AvgIpc) is 2.54. The quantitative estimate of drug-likeness (QED) is 0.830. The van der Waals surface area contributed by atoms with Crippen LogP contribution >= 0.6 is 0 Å². The van der Waals surface area contributed by atoms with Gasteiger partial charge in [-0.15, -0.1) is 0 Å². The van der Waals surface area contributed by atoms with Gasteiger partial charge in [-0.1, -0.05) is 0 Å². The molecule has 22 heavy (non-hydrogen) atoms. The van der Waals surface area contributed by atoms with E-state index >= 15 is 0 Å². The highest BCUT2D eigenvalue weighted by Gasteiger charge is 2.28. The van der Waals surface area contributed by atoms with E-state index < -0.39 is 17.9 Å². The Morgan fingerprint density at radius 1 is 1.27 bits per heavy atom. The summed E-state index contributed by atoms with van der Waals surface area (Å²) in [4.78, 5) is 36.0. The van der Waals surface area contributed by atoms with Gasteiger partial charge in [0.05, 0.1) is 18.6 Å². The molecule has 118 valence electrons. The minimum atomic E-state index is -0.875. The molecule has 2 rings (SSSR count). The largest absolute Gasteiger partial charge is 0.481 e. The number of hydrogen-bond donors (Lipinski definition) is 2. The number of nitrogens with zero attached hydrogens (tertiary/aromatic N) is 1. The van der Waals surface area contributed by atoms with Crippen LogP contribution in [0.3, 0.4) is 0 Å². The predicted octanol–water partition coefficient (Wildman–Crippen LogP) is 1.80. The van der Waals surface area contributed by atoms with Gasteiger partial charge in [0.25, 0.3) is 0 Å². The molecule has 0 bridgehead atoms. The van der Waals surface area contributed by atoms with Crippen LogP contribution in [-0.2, 0) is 9.53 Å². The maximum Gasteiger partial charge on any atom is 0.337 e. The number of hydrogen-bond acceptors (Lipinski definition) is 4. The zero-order valence-corrected chi connectivity index (χ0v) is 12.2. The molecule has 7 heteroatoms. The van der Waals surface area contributed by atoms with Crippen LogP contribution in [0.1, 0.15) is 23.2 Å². The van der Waals surface area contributed by atoms with Gasteiger partial charge in [0.1, 0.15) is 0 Å². The third-order valence-electron chi connectivity index (χ3n) is 3.62. The van der Waals surface area contributed by atoms with Gasteiger partial charge < -0.3 is 20.1 Å². The molecule has 1 atom stereocenters. The van der Waals surface area contributed by atoms with Crippen LogP contribution in [-0.4, -0.2) is 48.2 Å². The minimum Gasteiger partial charge on any atom is -0.481 e. The Morgan fingerprint density at radius 3 is 2.55 bits per heavy atom. The number of amides is 2. The number of urea groups is 1. The molecule has 1 saturated heterocycles. The molecule has 0 aliphatic carbocycles. The fraction of sp³-hybridized carbons (Fsp3) is 0.400. The molecule has 2 amide bonds. The lowest BCUT2D eigenvalue weighted by atomic mass is 9.99. The first kappa shape index (κ1) is 15.8. The van der Waals surface area contributed by atoms with Crippen molar-refractivity contribution in [2.24, 2.45) is 5.92 Å². The van der Waals surface area contributed by atoms with E-state index in [4.69, 9.17) is 5.11 Å². The van der Waals surface area contributed by atoms with Crippen molar-refractivity contribution in [2.45, 2.75) is 12.8 Å². The Kier molecular flexibility index (Phi) is 4.98. The zero-order chi connectivity index (χ0) is 16.1. The van der Waals surface area contributed by atoms with Crippen molar-refractivity contribution >= 4 is 23.7 Å². The highest BCUT2D eigenvalue weighted by atomic mass is 16.5. The van der Waals surface area contributed by atoms with Crippen molar-refractivity contribution in [3.8, 4) is 0 Å². The average molecular weight is 306 g/mol. The SMILES string of the molecule is COC(=O)c1ccc(NC(=O)N2CCCC(C(=O)O)C2)cc1. The summed E-state index contributed by atoms with van der Waals surface area (Å²) < 4.78 is 4.60. The maximum absolute atomic E-state index is 12.1. The van der Waals surface area contributed by atoms with Crippen molar-refractivity contribution < 1.29 is 24.2 Å². The molecule has 0 spiro atoms. The van der Waals surface area contributed by atoms with Gasteiger partial charge in [0.15, 0.2) is 0 Å². The number of methoxy groups -OCH3 is 1. The molecule has 2 N–H and O–H groups in total. The van der Waals surface area contributed by atoms with Gasteiger partial charge in [-0.3, -0.25) is 4.79 Å². The van der Waals surface area contributed by atoms with E-state index in [1.165, 1.54) is 12.0 Å². The Bertz CT molecular complexity index is 570. The van der Waals surface area contributed by atoms with Crippen molar-refractivity contribution in [1.29, 1.82) is 0 Å². The zero-order valence-electron chi connectivity index (χ0n) is 12.2. The number of carbonyl (C=O) groups is 3. The summed E-state index contributed by atoms with van der Waals surface area (Å²) in [5, 5.41) is 11.7. The molecule has 7 nitrogen and oxygen atoms in total. The summed E-state index contributed by atoms with van der Waals surface area (Å²) >= 11 is 0. The molecule has 1 aromatic carbocycles. The number of piperidine rings is 1. The number of carbonyl (C=O) groups excluding carboxylic acids is 2. The number of anilines is 1. The lowest BCUT2D eigenvalue weighted by Gasteiger charge is -2.30. The summed E-state index contributed by atoms with van der Waals surface area (Å²) in [6, 6.07) is 5.97. The monoisotopic (exact) mass is 306 g/mol. The number of ether oxygens (including phenoxy) is 1. The van der Waals surface area contributed by atoms with Crippen LogP contribution in [0.4, 0.5) is 10.5 Å². The van der Waals surface area contributed by atoms with Crippen LogP contribution in [0, 0.1) is 5.92 Å². The van der Waals surface area contributed by atoms with Gasteiger partial charge >= 0.3 is 18.0 Å². The first-order valence-electron chi connectivity index (χ1n) is 6.98. The fourth-order valence-electron chi connectivity index (χ4n) is 2.37. The predicted molar refractivity (Wildman–Crippen MR) is 78.7 cm³/mol. The first-order valence-corrected chi connectivity index (χ1v) is 6.98. The van der Waals surface area contributed by atoms with E-state index in [9.17, 15) is 14.4 Å². The summed E-state index contributed by atoms with van der Waals surface area (Å²) in [6.45, 7) is 0.747. The van der Waals surface area contributed by atoms with Gasteiger partial charge in [0, 0.05) is 18.8 Å². The molecular weight excluding hydrogens is 288 g/mol. The van der Waals surface area contributed by atoms with Crippen LogP contribution in [0.2, 0.25) is 0 Å². The van der Waals surface area contributed by atoms with Crippen LogP contribution in [0.15, 0.2) is 24.3 Å². The normalized spacial score (nSPS) is 17.7. The first-order chi connectivity index (χ1) is 10.5. The number of likely N-dealkylation sites (tertiary alicyclic amines) is 1.